The minimum atomic E-state index is 0. The molecule has 0 aromatic heterocycles. The van der Waals surface area contributed by atoms with Gasteiger partial charge in [-0.1, -0.05) is 35.9 Å². The van der Waals surface area contributed by atoms with E-state index in [1.54, 1.807) is 0 Å². The van der Waals surface area contributed by atoms with Gasteiger partial charge < -0.3 is 74.4 Å². The van der Waals surface area contributed by atoms with Crippen molar-refractivity contribution < 1.29 is 95.5 Å². The van der Waals surface area contributed by atoms with Gasteiger partial charge in [-0.3, -0.25) is 0 Å². The first-order chi connectivity index (χ1) is 3.39. The zero-order chi connectivity index (χ0) is 5.11. The predicted octanol–water partition coefficient (Wildman–Crippen LogP) is -16.0. The predicted molar refractivity (Wildman–Crippen MR) is 31.2 cm³/mol. The van der Waals surface area contributed by atoms with Crippen molar-refractivity contribution in [3.8, 4) is 0 Å². The zero-order valence-corrected chi connectivity index (χ0v) is 14.5. The van der Waals surface area contributed by atoms with Crippen molar-refractivity contribution in [1.82, 2.24) is 0 Å². The molecule has 84 valence electrons. The van der Waals surface area contributed by atoms with E-state index < -0.39 is 0 Å². The Bertz CT molecular complexity index is 148. The van der Waals surface area contributed by atoms with Crippen LogP contribution in [0.2, 0.25) is 0 Å². The smallest absolute Gasteiger partial charge is 1.00 e. The van der Waals surface area contributed by atoms with Gasteiger partial charge in [-0.15, -0.1) is 0 Å². The molecule has 0 saturated carbocycles. The van der Waals surface area contributed by atoms with Crippen LogP contribution in [0.15, 0.2) is 30.3 Å². The molecule has 1 aromatic carbocycles. The summed E-state index contributed by atoms with van der Waals surface area (Å²) in [7, 11) is 0. The van der Waals surface area contributed by atoms with E-state index in [2.05, 4.69) is 19.1 Å². The van der Waals surface area contributed by atoms with E-state index in [0.29, 0.717) is 0 Å². The van der Waals surface area contributed by atoms with Crippen molar-refractivity contribution in [3.63, 3.8) is 0 Å². The van der Waals surface area contributed by atoms with Crippen LogP contribution >= 0.6 is 0 Å². The second-order valence-corrected chi connectivity index (χ2v) is 1.65. The van der Waals surface area contributed by atoms with Crippen LogP contribution in [-0.4, -0.2) is 0 Å². The van der Waals surface area contributed by atoms with E-state index in [1.165, 1.54) is 5.56 Å². The molecule has 0 N–H and O–H groups in total. The summed E-state index contributed by atoms with van der Waals surface area (Å²) in [5, 5.41) is 0. The number of hydrogen-bond donors (Lipinski definition) is 0. The molecule has 0 bridgehead atoms. The number of rotatable bonds is 0. The van der Waals surface area contributed by atoms with Crippen LogP contribution in [0.4, 0.5) is 0 Å². The third kappa shape index (κ3) is 23.5. The van der Waals surface area contributed by atoms with Crippen molar-refractivity contribution in [1.29, 1.82) is 0 Å². The van der Waals surface area contributed by atoms with E-state index in [4.69, 9.17) is 0 Å². The first-order valence-electron chi connectivity index (χ1n) is 2.41. The van der Waals surface area contributed by atoms with Gasteiger partial charge in [0.05, 0.1) is 0 Å². The van der Waals surface area contributed by atoms with Crippen molar-refractivity contribution in [2.45, 2.75) is 6.92 Å². The molecule has 0 saturated heterocycles. The Morgan fingerprint density at radius 1 is 0.643 bits per heavy atom. The minimum absolute atomic E-state index is 0. The SMILES string of the molecule is Cc1ccccc1.[Cl-].[Cl-].[Cl-].[Cl-].[Cl-].[Cl-].[W+6]. The number of aryl methyl sites for hydroxylation is 1. The molecule has 0 nitrogen and oxygen atoms in total. The van der Waals surface area contributed by atoms with E-state index >= 15 is 0 Å². The van der Waals surface area contributed by atoms with Crippen LogP contribution in [0.3, 0.4) is 0 Å². The molecular weight excluding hydrogens is 481 g/mol. The van der Waals surface area contributed by atoms with Crippen LogP contribution < -0.4 is 74.4 Å². The van der Waals surface area contributed by atoms with Gasteiger partial charge in [-0.2, -0.15) is 0 Å². The van der Waals surface area contributed by atoms with Crippen molar-refractivity contribution in [2.75, 3.05) is 0 Å². The van der Waals surface area contributed by atoms with Gasteiger partial charge in [0.15, 0.2) is 0 Å². The normalized spacial score (nSPS) is 4.36. The zero-order valence-electron chi connectivity index (χ0n) is 7.06. The van der Waals surface area contributed by atoms with Crippen LogP contribution in [0.5, 0.6) is 0 Å². The van der Waals surface area contributed by atoms with Gasteiger partial charge >= 0.3 is 21.1 Å². The average Bonchev–Trinajstić information content (AvgIpc) is 1.69. The fraction of sp³-hybridized carbons (Fsp3) is 0.143. The standard InChI is InChI=1S/C7H8.6ClH.W/c1-7-5-3-2-4-6-7;;;;;;;/h2-6H,1H3;6*1H;/q;;;;;;;+6/p-6. The van der Waals surface area contributed by atoms with Crippen LogP contribution in [0.25, 0.3) is 0 Å². The van der Waals surface area contributed by atoms with Crippen LogP contribution in [-0.2, 0) is 21.1 Å². The molecule has 0 atom stereocenters. The van der Waals surface area contributed by atoms with Crippen molar-refractivity contribution >= 4 is 0 Å². The van der Waals surface area contributed by atoms with Crippen molar-refractivity contribution in [3.05, 3.63) is 35.9 Å². The van der Waals surface area contributed by atoms with Gasteiger partial charge in [0.2, 0.25) is 0 Å². The topological polar surface area (TPSA) is 0 Å². The molecule has 1 aromatic rings. The maximum Gasteiger partial charge on any atom is 6.00 e. The Kier molecular flexibility index (Phi) is 94.0. The molecule has 0 aliphatic heterocycles. The second-order valence-electron chi connectivity index (χ2n) is 1.65. The second kappa shape index (κ2) is 29.3. The molecular formula is C7H8Cl6W. The van der Waals surface area contributed by atoms with E-state index in [1.807, 2.05) is 18.2 Å². The number of hydrogen-bond acceptors (Lipinski definition) is 0. The third-order valence-corrected chi connectivity index (χ3v) is 0.940. The molecule has 14 heavy (non-hydrogen) atoms. The average molecular weight is 489 g/mol. The van der Waals surface area contributed by atoms with Gasteiger partial charge in [0, 0.05) is 0 Å². The first kappa shape index (κ1) is 44.9. The Morgan fingerprint density at radius 2 is 0.929 bits per heavy atom. The molecule has 0 spiro atoms. The summed E-state index contributed by atoms with van der Waals surface area (Å²) in [4.78, 5) is 0. The molecule has 1 rings (SSSR count). The summed E-state index contributed by atoms with van der Waals surface area (Å²) < 4.78 is 0. The van der Waals surface area contributed by atoms with Gasteiger partial charge in [-0.25, -0.2) is 0 Å². The largest absolute Gasteiger partial charge is 6.00 e. The first-order valence-corrected chi connectivity index (χ1v) is 2.41. The van der Waals surface area contributed by atoms with Crippen LogP contribution in [0.1, 0.15) is 5.56 Å². The van der Waals surface area contributed by atoms with Gasteiger partial charge in [0.25, 0.3) is 0 Å². The number of benzene rings is 1. The molecule has 7 heteroatoms. The molecule has 0 radical (unpaired) electrons. The van der Waals surface area contributed by atoms with Gasteiger partial charge in [0.1, 0.15) is 0 Å². The fourth-order valence-electron chi connectivity index (χ4n) is 0.534. The quantitative estimate of drug-likeness (QED) is 0.340. The molecule has 0 aliphatic rings. The van der Waals surface area contributed by atoms with Gasteiger partial charge in [-0.05, 0) is 6.92 Å². The maximum absolute atomic E-state index is 2.08. The van der Waals surface area contributed by atoms with E-state index in [9.17, 15) is 0 Å². The molecule has 0 heterocycles. The third-order valence-electron chi connectivity index (χ3n) is 0.940. The molecule has 0 amide bonds. The molecule has 0 fully saturated rings. The van der Waals surface area contributed by atoms with E-state index in [0.717, 1.165) is 0 Å². The molecule has 0 aliphatic carbocycles. The maximum atomic E-state index is 2.08. The van der Waals surface area contributed by atoms with Crippen molar-refractivity contribution in [2.24, 2.45) is 0 Å². The fourth-order valence-corrected chi connectivity index (χ4v) is 0.534. The summed E-state index contributed by atoms with van der Waals surface area (Å²) in [5.41, 5.74) is 1.32. The summed E-state index contributed by atoms with van der Waals surface area (Å²) >= 11 is 0. The Labute approximate surface area is 137 Å². The summed E-state index contributed by atoms with van der Waals surface area (Å²) in [6.07, 6.45) is 0. The molecule has 0 unspecified atom stereocenters. The summed E-state index contributed by atoms with van der Waals surface area (Å²) in [5.74, 6) is 0. The van der Waals surface area contributed by atoms with E-state index in [-0.39, 0.29) is 95.5 Å². The monoisotopic (exact) mass is 486 g/mol. The Morgan fingerprint density at radius 3 is 1.07 bits per heavy atom. The minimum Gasteiger partial charge on any atom is -1.00 e. The van der Waals surface area contributed by atoms with Crippen LogP contribution in [0, 0.1) is 6.92 Å². The summed E-state index contributed by atoms with van der Waals surface area (Å²) in [6, 6.07) is 10.3. The number of halogens is 6. The Balaban J connectivity index is -0.0000000140. The Hall–Kier alpha value is 1.65. The summed E-state index contributed by atoms with van der Waals surface area (Å²) in [6.45, 7) is 2.08.